The first-order valence-corrected chi connectivity index (χ1v) is 10.2. The van der Waals surface area contributed by atoms with E-state index in [1.54, 1.807) is 0 Å². The van der Waals surface area contributed by atoms with Crippen LogP contribution in [0.2, 0.25) is 5.02 Å². The molecule has 0 spiro atoms. The van der Waals surface area contributed by atoms with Gasteiger partial charge < -0.3 is 4.74 Å². The monoisotopic (exact) mass is 366 g/mol. The number of nitrogens with zero attached hydrogens (tertiary/aromatic N) is 4. The Bertz CT molecular complexity index is 593. The molecule has 0 aromatic heterocycles. The summed E-state index contributed by atoms with van der Waals surface area (Å²) in [5.74, 6) is 2.37. The van der Waals surface area contributed by atoms with Crippen molar-refractivity contribution in [2.45, 2.75) is 31.0 Å². The fourth-order valence-corrected chi connectivity index (χ4v) is 5.10. The Morgan fingerprint density at radius 3 is 2.75 bits per heavy atom. The second-order valence-corrected chi connectivity index (χ2v) is 8.15. The fraction of sp³-hybridized carbons (Fsp3) is 0.647. The Balaban J connectivity index is 1.73. The molecule has 2 saturated heterocycles. The molecule has 1 aromatic carbocycles. The van der Waals surface area contributed by atoms with Crippen molar-refractivity contribution in [2.75, 3.05) is 42.8 Å². The van der Waals surface area contributed by atoms with Gasteiger partial charge in [0, 0.05) is 18.1 Å². The van der Waals surface area contributed by atoms with Gasteiger partial charge in [0.1, 0.15) is 11.7 Å². The van der Waals surface area contributed by atoms with Crippen molar-refractivity contribution in [1.82, 2.24) is 4.90 Å². The molecule has 3 aliphatic heterocycles. The van der Waals surface area contributed by atoms with Crippen LogP contribution < -0.4 is 5.01 Å². The third-order valence-electron chi connectivity index (χ3n) is 5.18. The van der Waals surface area contributed by atoms with E-state index in [2.05, 4.69) is 27.3 Å². The second kappa shape index (κ2) is 7.20. The maximum atomic E-state index is 6.08. The summed E-state index contributed by atoms with van der Waals surface area (Å²) < 4.78 is 5.61. The molecule has 3 heterocycles. The third-order valence-corrected chi connectivity index (χ3v) is 6.53. The molecule has 2 atom stereocenters. The predicted octanol–water partition coefficient (Wildman–Crippen LogP) is 3.84. The van der Waals surface area contributed by atoms with Crippen molar-refractivity contribution in [2.24, 2.45) is 10.3 Å². The van der Waals surface area contributed by atoms with Crippen molar-refractivity contribution in [3.05, 3.63) is 29.3 Å². The highest BCUT2D eigenvalue weighted by molar-refractivity contribution is 7.99. The molecule has 5 nitrogen and oxygen atoms in total. The summed E-state index contributed by atoms with van der Waals surface area (Å²) >= 11 is 8.13. The van der Waals surface area contributed by atoms with Crippen LogP contribution in [0, 0.1) is 0 Å². The second-order valence-electron chi connectivity index (χ2n) is 6.49. The molecule has 0 radical (unpaired) electrons. The summed E-state index contributed by atoms with van der Waals surface area (Å²) in [5.41, 5.74) is 0.920. The van der Waals surface area contributed by atoms with Crippen molar-refractivity contribution < 1.29 is 4.74 Å². The molecule has 3 aliphatic rings. The lowest BCUT2D eigenvalue weighted by molar-refractivity contribution is -0.0317. The minimum absolute atomic E-state index is 0.154. The van der Waals surface area contributed by atoms with Crippen LogP contribution in [-0.2, 0) is 4.74 Å². The summed E-state index contributed by atoms with van der Waals surface area (Å²) in [6, 6.07) is 8.20. The fourth-order valence-electron chi connectivity index (χ4n) is 4.03. The molecule has 0 aliphatic carbocycles. The topological polar surface area (TPSA) is 40.4 Å². The molecule has 4 rings (SSSR count). The Labute approximate surface area is 152 Å². The normalized spacial score (nSPS) is 31.5. The Morgan fingerprint density at radius 1 is 1.17 bits per heavy atom. The number of morpholine rings is 1. The first-order chi connectivity index (χ1) is 11.8. The van der Waals surface area contributed by atoms with Gasteiger partial charge in [-0.3, -0.25) is 4.90 Å². The zero-order valence-electron chi connectivity index (χ0n) is 13.7. The van der Waals surface area contributed by atoms with Crippen LogP contribution >= 0.6 is 23.4 Å². The summed E-state index contributed by atoms with van der Waals surface area (Å²) in [4.78, 5) is 2.56. The standard InChI is InChI=1S/C17H23ClN4OS/c18-14-2-4-15(5-3-14)22-17(21-8-10-23-11-9-21)7-1-12-24-13-6-16(17)19-20-22/h2-5,16H,1,6-13H2. The van der Waals surface area contributed by atoms with Crippen molar-refractivity contribution in [3.63, 3.8) is 0 Å². The van der Waals surface area contributed by atoms with E-state index in [0.29, 0.717) is 0 Å². The van der Waals surface area contributed by atoms with E-state index in [1.807, 2.05) is 23.9 Å². The molecular formula is C17H23ClN4OS. The largest absolute Gasteiger partial charge is 0.379 e. The van der Waals surface area contributed by atoms with E-state index in [4.69, 9.17) is 21.5 Å². The SMILES string of the molecule is Clc1ccc(N2N=NC3CCSCCCC32N2CCOCC2)cc1. The number of ether oxygens (including phenoxy) is 1. The van der Waals surface area contributed by atoms with Gasteiger partial charge in [0.2, 0.25) is 0 Å². The van der Waals surface area contributed by atoms with Gasteiger partial charge in [-0.1, -0.05) is 16.8 Å². The number of benzene rings is 1. The van der Waals surface area contributed by atoms with Gasteiger partial charge in [0.25, 0.3) is 0 Å². The molecule has 2 unspecified atom stereocenters. The molecular weight excluding hydrogens is 344 g/mol. The zero-order chi connectivity index (χ0) is 16.4. The lowest BCUT2D eigenvalue weighted by atomic mass is 9.89. The molecule has 0 N–H and O–H groups in total. The number of hydrogen-bond donors (Lipinski definition) is 0. The van der Waals surface area contributed by atoms with Gasteiger partial charge in [-0.2, -0.15) is 16.9 Å². The number of hydrogen-bond acceptors (Lipinski definition) is 6. The first kappa shape index (κ1) is 16.6. The van der Waals surface area contributed by atoms with Crippen LogP contribution in [0.15, 0.2) is 34.6 Å². The molecule has 0 bridgehead atoms. The smallest absolute Gasteiger partial charge is 0.142 e. The highest BCUT2D eigenvalue weighted by Crippen LogP contribution is 2.43. The van der Waals surface area contributed by atoms with Gasteiger partial charge in [0.05, 0.1) is 18.9 Å². The number of rotatable bonds is 2. The van der Waals surface area contributed by atoms with E-state index in [1.165, 1.54) is 12.2 Å². The minimum atomic E-state index is -0.154. The van der Waals surface area contributed by atoms with Crippen molar-refractivity contribution >= 4 is 29.1 Å². The maximum Gasteiger partial charge on any atom is 0.142 e. The van der Waals surface area contributed by atoms with E-state index in [0.717, 1.165) is 55.6 Å². The zero-order valence-corrected chi connectivity index (χ0v) is 15.3. The highest BCUT2D eigenvalue weighted by Gasteiger charge is 2.53. The number of anilines is 1. The maximum absolute atomic E-state index is 6.08. The Kier molecular flexibility index (Phi) is 4.99. The van der Waals surface area contributed by atoms with Gasteiger partial charge >= 0.3 is 0 Å². The highest BCUT2D eigenvalue weighted by atomic mass is 35.5. The summed E-state index contributed by atoms with van der Waals surface area (Å²) in [7, 11) is 0. The van der Waals surface area contributed by atoms with E-state index in [-0.39, 0.29) is 11.7 Å². The lowest BCUT2D eigenvalue weighted by Gasteiger charge is -2.50. The molecule has 24 heavy (non-hydrogen) atoms. The predicted molar refractivity (Wildman–Crippen MR) is 98.9 cm³/mol. The quantitative estimate of drug-likeness (QED) is 0.797. The van der Waals surface area contributed by atoms with E-state index < -0.39 is 0 Å². The van der Waals surface area contributed by atoms with Crippen LogP contribution in [-0.4, -0.2) is 54.4 Å². The molecule has 1 aromatic rings. The number of fused-ring (bicyclic) bond motifs is 1. The summed E-state index contributed by atoms with van der Waals surface area (Å²) in [6.07, 6.45) is 3.35. The Morgan fingerprint density at radius 2 is 1.96 bits per heavy atom. The van der Waals surface area contributed by atoms with E-state index in [9.17, 15) is 0 Å². The molecule has 0 amide bonds. The number of thioether (sulfide) groups is 1. The van der Waals surface area contributed by atoms with Crippen LogP contribution in [0.5, 0.6) is 0 Å². The molecule has 0 saturated carbocycles. The van der Waals surface area contributed by atoms with Crippen molar-refractivity contribution in [1.29, 1.82) is 0 Å². The average Bonchev–Trinajstić information content (AvgIpc) is 2.95. The molecule has 7 heteroatoms. The molecule has 2 fully saturated rings. The van der Waals surface area contributed by atoms with Gasteiger partial charge in [-0.15, -0.1) is 0 Å². The van der Waals surface area contributed by atoms with Gasteiger partial charge in [0.15, 0.2) is 0 Å². The molecule has 130 valence electrons. The summed E-state index contributed by atoms with van der Waals surface area (Å²) in [6.45, 7) is 3.47. The van der Waals surface area contributed by atoms with Gasteiger partial charge in [-0.05, 0) is 55.0 Å². The van der Waals surface area contributed by atoms with Crippen LogP contribution in [0.1, 0.15) is 19.3 Å². The van der Waals surface area contributed by atoms with Crippen LogP contribution in [0.3, 0.4) is 0 Å². The van der Waals surface area contributed by atoms with Crippen LogP contribution in [0.25, 0.3) is 0 Å². The third kappa shape index (κ3) is 2.94. The van der Waals surface area contributed by atoms with Crippen LogP contribution in [0.4, 0.5) is 5.69 Å². The minimum Gasteiger partial charge on any atom is -0.379 e. The average molecular weight is 367 g/mol. The first-order valence-electron chi connectivity index (χ1n) is 8.68. The Hall–Kier alpha value is -0.820. The van der Waals surface area contributed by atoms with E-state index >= 15 is 0 Å². The van der Waals surface area contributed by atoms with Gasteiger partial charge in [-0.25, -0.2) is 5.01 Å². The summed E-state index contributed by atoms with van der Waals surface area (Å²) in [5, 5.41) is 12.3. The lowest BCUT2D eigenvalue weighted by Crippen LogP contribution is -2.65. The van der Waals surface area contributed by atoms with Crippen molar-refractivity contribution in [3.8, 4) is 0 Å². The number of halogens is 1.